The van der Waals surface area contributed by atoms with Crippen LogP contribution in [0.2, 0.25) is 0 Å². The number of halogens is 2. The van der Waals surface area contributed by atoms with Crippen molar-refractivity contribution < 1.29 is 9.52 Å². The average molecular weight is 492 g/mol. The van der Waals surface area contributed by atoms with Crippen LogP contribution in [0, 0.1) is 0 Å². The summed E-state index contributed by atoms with van der Waals surface area (Å²) < 4.78 is 7.95. The fourth-order valence-corrected chi connectivity index (χ4v) is 4.22. The molecule has 0 atom stereocenters. The van der Waals surface area contributed by atoms with Gasteiger partial charge in [-0.05, 0) is 49.2 Å². The highest BCUT2D eigenvalue weighted by molar-refractivity contribution is 9.10. The summed E-state index contributed by atoms with van der Waals surface area (Å²) in [5, 5.41) is 14.6. The molecule has 0 amide bonds. The van der Waals surface area contributed by atoms with E-state index in [0.717, 1.165) is 38.4 Å². The molecule has 0 bridgehead atoms. The molecule has 1 aromatic heterocycles. The van der Waals surface area contributed by atoms with Crippen molar-refractivity contribution in [1.82, 2.24) is 0 Å². The Balaban J connectivity index is 1.74. The number of phenols is 1. The number of aliphatic imine (C=N–C) groups is 1. The SMILES string of the molecule is Oc1ccc(Br)cc1C=Nc1c(NC2CCCCC2)oc2ccc(Br)cc12. The van der Waals surface area contributed by atoms with Gasteiger partial charge in [-0.25, -0.2) is 4.99 Å². The van der Waals surface area contributed by atoms with Crippen molar-refractivity contribution in [3.8, 4) is 5.75 Å². The summed E-state index contributed by atoms with van der Waals surface area (Å²) in [6.07, 6.45) is 7.77. The van der Waals surface area contributed by atoms with Crippen LogP contribution < -0.4 is 5.32 Å². The lowest BCUT2D eigenvalue weighted by Gasteiger charge is -2.22. The largest absolute Gasteiger partial charge is 0.507 e. The first-order valence-electron chi connectivity index (χ1n) is 9.11. The fourth-order valence-electron chi connectivity index (χ4n) is 3.48. The zero-order valence-corrected chi connectivity index (χ0v) is 17.9. The predicted molar refractivity (Wildman–Crippen MR) is 117 cm³/mol. The number of phenolic OH excluding ortho intramolecular Hbond substituents is 1. The third kappa shape index (κ3) is 4.22. The summed E-state index contributed by atoms with van der Waals surface area (Å²) in [6, 6.07) is 11.6. The third-order valence-corrected chi connectivity index (χ3v) is 5.87. The molecule has 1 fully saturated rings. The van der Waals surface area contributed by atoms with E-state index < -0.39 is 0 Å². The first kappa shape index (κ1) is 18.6. The van der Waals surface area contributed by atoms with Gasteiger partial charge in [0, 0.05) is 32.2 Å². The first-order chi connectivity index (χ1) is 13.1. The lowest BCUT2D eigenvalue weighted by atomic mass is 9.95. The number of aromatic hydroxyl groups is 1. The Labute approximate surface area is 174 Å². The van der Waals surface area contributed by atoms with Crippen LogP contribution in [-0.2, 0) is 0 Å². The van der Waals surface area contributed by atoms with E-state index in [0.29, 0.717) is 17.5 Å². The Morgan fingerprint density at radius 3 is 2.59 bits per heavy atom. The predicted octanol–water partition coefficient (Wildman–Crippen LogP) is 7.16. The second-order valence-electron chi connectivity index (χ2n) is 6.86. The monoisotopic (exact) mass is 490 g/mol. The minimum atomic E-state index is 0.192. The van der Waals surface area contributed by atoms with Crippen LogP contribution in [0.4, 0.5) is 11.6 Å². The number of furan rings is 1. The van der Waals surface area contributed by atoms with Crippen LogP contribution in [0.15, 0.2) is 54.8 Å². The Bertz CT molecular complexity index is 991. The van der Waals surface area contributed by atoms with Crippen molar-refractivity contribution in [3.63, 3.8) is 0 Å². The van der Waals surface area contributed by atoms with Crippen molar-refractivity contribution in [2.75, 3.05) is 5.32 Å². The first-order valence-corrected chi connectivity index (χ1v) is 10.7. The molecule has 0 saturated heterocycles. The van der Waals surface area contributed by atoms with E-state index in [1.54, 1.807) is 18.3 Å². The Kier molecular flexibility index (Phi) is 5.55. The molecule has 2 aromatic carbocycles. The van der Waals surface area contributed by atoms with E-state index in [2.05, 4.69) is 37.2 Å². The van der Waals surface area contributed by atoms with Crippen molar-refractivity contribution in [1.29, 1.82) is 0 Å². The van der Waals surface area contributed by atoms with E-state index in [4.69, 9.17) is 9.41 Å². The van der Waals surface area contributed by atoms with E-state index in [-0.39, 0.29) is 5.75 Å². The van der Waals surface area contributed by atoms with Crippen LogP contribution >= 0.6 is 31.9 Å². The zero-order chi connectivity index (χ0) is 18.8. The van der Waals surface area contributed by atoms with Crippen molar-refractivity contribution >= 4 is 60.6 Å². The van der Waals surface area contributed by atoms with Gasteiger partial charge in [0.15, 0.2) is 0 Å². The lowest BCUT2D eigenvalue weighted by molar-refractivity contribution is 0.453. The van der Waals surface area contributed by atoms with E-state index in [1.807, 2.05) is 24.3 Å². The molecular weight excluding hydrogens is 472 g/mol. The molecule has 0 spiro atoms. The Morgan fingerprint density at radius 1 is 1.04 bits per heavy atom. The molecule has 6 heteroatoms. The van der Waals surface area contributed by atoms with Crippen LogP contribution in [-0.4, -0.2) is 17.4 Å². The number of nitrogens with zero attached hydrogens (tertiary/aromatic N) is 1. The van der Waals surface area contributed by atoms with Crippen molar-refractivity contribution in [2.24, 2.45) is 4.99 Å². The second-order valence-corrected chi connectivity index (χ2v) is 8.69. The number of benzene rings is 2. The van der Waals surface area contributed by atoms with Crippen LogP contribution in [0.3, 0.4) is 0 Å². The van der Waals surface area contributed by atoms with Crippen LogP contribution in [0.1, 0.15) is 37.7 Å². The van der Waals surface area contributed by atoms with Gasteiger partial charge in [-0.2, -0.15) is 0 Å². The molecule has 2 N–H and O–H groups in total. The summed E-state index contributed by atoms with van der Waals surface area (Å²) in [5.41, 5.74) is 2.20. The number of anilines is 1. The fraction of sp³-hybridized carbons (Fsp3) is 0.286. The Morgan fingerprint density at radius 2 is 1.78 bits per heavy atom. The van der Waals surface area contributed by atoms with Gasteiger partial charge >= 0.3 is 0 Å². The molecule has 1 heterocycles. The maximum atomic E-state index is 10.1. The van der Waals surface area contributed by atoms with Crippen LogP contribution in [0.25, 0.3) is 11.0 Å². The average Bonchev–Trinajstić information content (AvgIpc) is 2.99. The standard InChI is InChI=1S/C21H20Br2N2O2/c22-14-6-8-18(26)13(10-14)12-24-20-17-11-15(23)7-9-19(17)27-21(20)25-16-4-2-1-3-5-16/h6-12,16,25-26H,1-5H2. The summed E-state index contributed by atoms with van der Waals surface area (Å²) in [6.45, 7) is 0. The number of hydrogen-bond donors (Lipinski definition) is 2. The zero-order valence-electron chi connectivity index (χ0n) is 14.7. The summed E-state index contributed by atoms with van der Waals surface area (Å²) >= 11 is 6.97. The number of fused-ring (bicyclic) bond motifs is 1. The van der Waals surface area contributed by atoms with Gasteiger partial charge in [0.1, 0.15) is 17.0 Å². The summed E-state index contributed by atoms with van der Waals surface area (Å²) in [7, 11) is 0. The van der Waals surface area contributed by atoms with E-state index in [1.165, 1.54) is 19.3 Å². The van der Waals surface area contributed by atoms with E-state index >= 15 is 0 Å². The molecule has 27 heavy (non-hydrogen) atoms. The van der Waals surface area contributed by atoms with Crippen molar-refractivity contribution in [2.45, 2.75) is 38.1 Å². The normalized spacial score (nSPS) is 15.6. The second kappa shape index (κ2) is 8.07. The summed E-state index contributed by atoms with van der Waals surface area (Å²) in [5.74, 6) is 0.887. The van der Waals surface area contributed by atoms with Gasteiger partial charge in [0.25, 0.3) is 0 Å². The van der Waals surface area contributed by atoms with Gasteiger partial charge in [-0.1, -0.05) is 51.1 Å². The highest BCUT2D eigenvalue weighted by Gasteiger charge is 2.19. The molecule has 0 aliphatic heterocycles. The van der Waals surface area contributed by atoms with Gasteiger partial charge in [0.2, 0.25) is 5.88 Å². The molecule has 4 nitrogen and oxygen atoms in total. The molecule has 0 unspecified atom stereocenters. The smallest absolute Gasteiger partial charge is 0.220 e. The lowest BCUT2D eigenvalue weighted by Crippen LogP contribution is -2.21. The summed E-state index contributed by atoms with van der Waals surface area (Å²) in [4.78, 5) is 4.69. The maximum absolute atomic E-state index is 10.1. The highest BCUT2D eigenvalue weighted by atomic mass is 79.9. The Hall–Kier alpha value is -1.79. The third-order valence-electron chi connectivity index (χ3n) is 4.89. The number of rotatable bonds is 4. The van der Waals surface area contributed by atoms with Gasteiger partial charge in [-0.3, -0.25) is 0 Å². The maximum Gasteiger partial charge on any atom is 0.220 e. The van der Waals surface area contributed by atoms with Gasteiger partial charge in [0.05, 0.1) is 0 Å². The molecule has 1 saturated carbocycles. The quantitative estimate of drug-likeness (QED) is 0.380. The molecule has 1 aliphatic rings. The van der Waals surface area contributed by atoms with Crippen molar-refractivity contribution in [3.05, 3.63) is 50.9 Å². The van der Waals surface area contributed by atoms with Gasteiger partial charge < -0.3 is 14.8 Å². The molecule has 140 valence electrons. The molecular formula is C21H20Br2N2O2. The molecule has 1 aliphatic carbocycles. The minimum Gasteiger partial charge on any atom is -0.507 e. The van der Waals surface area contributed by atoms with Gasteiger partial charge in [-0.15, -0.1) is 0 Å². The number of nitrogens with one attached hydrogen (secondary N) is 1. The van der Waals surface area contributed by atoms with Crippen LogP contribution in [0.5, 0.6) is 5.75 Å². The number of hydrogen-bond acceptors (Lipinski definition) is 4. The van der Waals surface area contributed by atoms with E-state index in [9.17, 15) is 5.11 Å². The molecule has 4 rings (SSSR count). The molecule has 3 aromatic rings. The molecule has 0 radical (unpaired) electrons. The highest BCUT2D eigenvalue weighted by Crippen LogP contribution is 2.40. The topological polar surface area (TPSA) is 57.8 Å². The minimum absolute atomic E-state index is 0.192.